The molecule has 3 heteroatoms. The Balaban J connectivity index is 2.49. The zero-order chi connectivity index (χ0) is 8.10. The molecule has 58 valence electrons. The molecule has 1 aromatic rings. The molecule has 1 atom stereocenters. The first-order chi connectivity index (χ1) is 5.33. The Kier molecular flexibility index (Phi) is 3.43. The molecule has 0 bridgehead atoms. The van der Waals surface area contributed by atoms with Gasteiger partial charge in [0.1, 0.15) is 0 Å². The quantitative estimate of drug-likeness (QED) is 0.518. The molecule has 0 N–H and O–H groups in total. The van der Waals surface area contributed by atoms with E-state index in [2.05, 4.69) is 33.8 Å². The molecule has 0 saturated heterocycles. The molecule has 1 heterocycles. The molecule has 1 rings (SSSR count). The molecule has 1 aromatic heterocycles. The molecular weight excluding hydrogens is 174 g/mol. The van der Waals surface area contributed by atoms with Crippen LogP contribution in [0.15, 0.2) is 22.5 Å². The Morgan fingerprint density at radius 2 is 2.64 bits per heavy atom. The highest BCUT2D eigenvalue weighted by Crippen LogP contribution is 2.11. The molecule has 1 nitrogen and oxygen atoms in total. The zero-order valence-corrected chi connectivity index (χ0v) is 7.91. The number of rotatable bonds is 3. The molecule has 0 radical (unpaired) electrons. The topological polar surface area (TPSA) is 12.4 Å². The van der Waals surface area contributed by atoms with Crippen molar-refractivity contribution in [1.29, 1.82) is 0 Å². The minimum Gasteiger partial charge on any atom is -0.229 e. The van der Waals surface area contributed by atoms with Crippen LogP contribution in [0.2, 0.25) is 0 Å². The molecular formula is C8H9NS2. The van der Waals surface area contributed by atoms with Crippen LogP contribution in [0.4, 0.5) is 0 Å². The molecule has 0 spiro atoms. The van der Waals surface area contributed by atoms with Crippen molar-refractivity contribution in [2.45, 2.75) is 19.4 Å². The molecule has 0 aliphatic rings. The van der Waals surface area contributed by atoms with Crippen LogP contribution >= 0.6 is 23.6 Å². The third-order valence-electron chi connectivity index (χ3n) is 1.35. The molecule has 0 aliphatic heterocycles. The van der Waals surface area contributed by atoms with E-state index in [-0.39, 0.29) is 6.04 Å². The summed E-state index contributed by atoms with van der Waals surface area (Å²) < 4.78 is 0. The summed E-state index contributed by atoms with van der Waals surface area (Å²) in [6.45, 7) is 2.04. The van der Waals surface area contributed by atoms with Crippen molar-refractivity contribution in [3.05, 3.63) is 22.4 Å². The maximum Gasteiger partial charge on any atom is 0.0622 e. The minimum absolute atomic E-state index is 0.270. The van der Waals surface area contributed by atoms with Crippen LogP contribution < -0.4 is 0 Å². The van der Waals surface area contributed by atoms with Gasteiger partial charge in [-0.3, -0.25) is 0 Å². The number of hydrogen-bond donors (Lipinski definition) is 0. The fraction of sp³-hybridized carbons (Fsp3) is 0.375. The number of thiocarbonyl (C=S) groups is 1. The lowest BCUT2D eigenvalue weighted by Gasteiger charge is -1.99. The van der Waals surface area contributed by atoms with Crippen molar-refractivity contribution in [1.82, 2.24) is 0 Å². The van der Waals surface area contributed by atoms with E-state index >= 15 is 0 Å². The Hall–Kier alpha value is -0.500. The molecule has 1 unspecified atom stereocenters. The van der Waals surface area contributed by atoms with Crippen molar-refractivity contribution in [2.75, 3.05) is 0 Å². The molecule has 0 fully saturated rings. The van der Waals surface area contributed by atoms with Crippen molar-refractivity contribution in [3.63, 3.8) is 0 Å². The van der Waals surface area contributed by atoms with Crippen LogP contribution in [0.5, 0.6) is 0 Å². The minimum atomic E-state index is 0.270. The fourth-order valence-corrected chi connectivity index (χ4v) is 1.86. The first-order valence-corrected chi connectivity index (χ1v) is 4.71. The Morgan fingerprint density at radius 3 is 3.18 bits per heavy atom. The molecule has 0 aromatic carbocycles. The maximum absolute atomic E-state index is 4.51. The van der Waals surface area contributed by atoms with Crippen LogP contribution in [0.1, 0.15) is 11.8 Å². The Labute approximate surface area is 75.8 Å². The van der Waals surface area contributed by atoms with E-state index in [0.717, 1.165) is 6.42 Å². The van der Waals surface area contributed by atoms with Crippen molar-refractivity contribution in [2.24, 2.45) is 4.99 Å². The predicted molar refractivity (Wildman–Crippen MR) is 52.5 cm³/mol. The van der Waals surface area contributed by atoms with Gasteiger partial charge in [-0.05, 0) is 30.6 Å². The lowest BCUT2D eigenvalue weighted by molar-refractivity contribution is 0.754. The van der Waals surface area contributed by atoms with Gasteiger partial charge in [-0.2, -0.15) is 0 Å². The largest absolute Gasteiger partial charge is 0.229 e. The molecule has 0 amide bonds. The lowest BCUT2D eigenvalue weighted by atomic mass is 10.2. The summed E-state index contributed by atoms with van der Waals surface area (Å²) in [5, 5.41) is 4.47. The third kappa shape index (κ3) is 2.93. The second-order valence-corrected chi connectivity index (χ2v) is 3.57. The van der Waals surface area contributed by atoms with Crippen LogP contribution in [0.25, 0.3) is 0 Å². The molecule has 0 aliphatic carbocycles. The van der Waals surface area contributed by atoms with E-state index in [1.807, 2.05) is 13.0 Å². The smallest absolute Gasteiger partial charge is 0.0622 e. The SMILES string of the molecule is CC(Cc1cccs1)N=C=S. The Morgan fingerprint density at radius 1 is 1.82 bits per heavy atom. The average molecular weight is 183 g/mol. The van der Waals surface area contributed by atoms with Gasteiger partial charge in [-0.1, -0.05) is 6.07 Å². The summed E-state index contributed by atoms with van der Waals surface area (Å²) in [5.41, 5.74) is 0. The van der Waals surface area contributed by atoms with E-state index in [4.69, 9.17) is 0 Å². The van der Waals surface area contributed by atoms with Gasteiger partial charge in [0.2, 0.25) is 0 Å². The van der Waals surface area contributed by atoms with Crippen LogP contribution in [-0.4, -0.2) is 11.2 Å². The van der Waals surface area contributed by atoms with Crippen molar-refractivity contribution in [3.8, 4) is 0 Å². The monoisotopic (exact) mass is 183 g/mol. The summed E-state index contributed by atoms with van der Waals surface area (Å²) in [5.74, 6) is 0. The van der Waals surface area contributed by atoms with Gasteiger partial charge >= 0.3 is 0 Å². The highest BCUT2D eigenvalue weighted by molar-refractivity contribution is 7.78. The summed E-state index contributed by atoms with van der Waals surface area (Å²) in [7, 11) is 0. The highest BCUT2D eigenvalue weighted by atomic mass is 32.1. The van der Waals surface area contributed by atoms with Gasteiger partial charge in [-0.25, -0.2) is 4.99 Å². The maximum atomic E-state index is 4.51. The van der Waals surface area contributed by atoms with Crippen molar-refractivity contribution < 1.29 is 0 Å². The normalized spacial score (nSPS) is 12.1. The van der Waals surface area contributed by atoms with E-state index in [0.29, 0.717) is 0 Å². The standard InChI is InChI=1S/C8H9NS2/c1-7(9-6-10)5-8-3-2-4-11-8/h2-4,7H,5H2,1H3. The van der Waals surface area contributed by atoms with Gasteiger partial charge < -0.3 is 0 Å². The van der Waals surface area contributed by atoms with Gasteiger partial charge in [0.05, 0.1) is 11.2 Å². The molecule has 11 heavy (non-hydrogen) atoms. The first kappa shape index (κ1) is 8.60. The van der Waals surface area contributed by atoms with Gasteiger partial charge in [-0.15, -0.1) is 11.3 Å². The van der Waals surface area contributed by atoms with Gasteiger partial charge in [0, 0.05) is 11.3 Å². The number of hydrogen-bond acceptors (Lipinski definition) is 3. The second-order valence-electron chi connectivity index (χ2n) is 2.35. The van der Waals surface area contributed by atoms with E-state index in [1.54, 1.807) is 11.3 Å². The zero-order valence-electron chi connectivity index (χ0n) is 6.28. The average Bonchev–Trinajstić information content (AvgIpc) is 2.40. The number of nitrogens with zero attached hydrogens (tertiary/aromatic N) is 1. The number of aliphatic imine (C=N–C) groups is 1. The molecule has 0 saturated carbocycles. The Bertz CT molecular complexity index is 247. The van der Waals surface area contributed by atoms with Crippen LogP contribution in [0.3, 0.4) is 0 Å². The summed E-state index contributed by atoms with van der Waals surface area (Å²) in [6, 6.07) is 4.43. The fourth-order valence-electron chi connectivity index (χ4n) is 0.855. The van der Waals surface area contributed by atoms with Crippen LogP contribution in [0, 0.1) is 0 Å². The first-order valence-electron chi connectivity index (χ1n) is 3.42. The number of thiophene rings is 1. The van der Waals surface area contributed by atoms with E-state index in [9.17, 15) is 0 Å². The van der Waals surface area contributed by atoms with Crippen molar-refractivity contribution >= 4 is 28.7 Å². The lowest BCUT2D eigenvalue weighted by Crippen LogP contribution is -1.99. The second kappa shape index (κ2) is 4.39. The van der Waals surface area contributed by atoms with Gasteiger partial charge in [0.15, 0.2) is 0 Å². The number of isothiocyanates is 1. The highest BCUT2D eigenvalue weighted by Gasteiger charge is 2.00. The summed E-state index contributed by atoms with van der Waals surface area (Å²) in [4.78, 5) is 5.32. The predicted octanol–water partition coefficient (Wildman–Crippen LogP) is 2.78. The van der Waals surface area contributed by atoms with E-state index < -0.39 is 0 Å². The van der Waals surface area contributed by atoms with Crippen LogP contribution in [-0.2, 0) is 6.42 Å². The third-order valence-corrected chi connectivity index (χ3v) is 2.35. The summed E-state index contributed by atoms with van der Waals surface area (Å²) in [6.07, 6.45) is 0.974. The summed E-state index contributed by atoms with van der Waals surface area (Å²) >= 11 is 6.27. The van der Waals surface area contributed by atoms with E-state index in [1.165, 1.54) is 4.88 Å². The van der Waals surface area contributed by atoms with Gasteiger partial charge in [0.25, 0.3) is 0 Å².